The molecular formula is C17H28O10. The fourth-order valence-corrected chi connectivity index (χ4v) is 2.70. The van der Waals surface area contributed by atoms with E-state index in [1.54, 1.807) is 0 Å². The Morgan fingerprint density at radius 1 is 0.889 bits per heavy atom. The number of ether oxygens (including phenoxy) is 6. The van der Waals surface area contributed by atoms with E-state index in [1.165, 1.54) is 27.9 Å². The van der Waals surface area contributed by atoms with Gasteiger partial charge in [0.15, 0.2) is 24.6 Å². The summed E-state index contributed by atoms with van der Waals surface area (Å²) in [5, 5.41) is 8.87. The van der Waals surface area contributed by atoms with Crippen LogP contribution in [0.1, 0.15) is 33.6 Å². The molecule has 0 aromatic carbocycles. The van der Waals surface area contributed by atoms with Gasteiger partial charge in [-0.15, -0.1) is 0 Å². The van der Waals surface area contributed by atoms with Gasteiger partial charge >= 0.3 is 17.9 Å². The topological polar surface area (TPSA) is 127 Å². The van der Waals surface area contributed by atoms with Crippen LogP contribution in [0, 0.1) is 0 Å². The highest BCUT2D eigenvalue weighted by atomic mass is 16.7. The molecule has 0 bridgehead atoms. The molecule has 1 heterocycles. The predicted octanol–water partition coefficient (Wildman–Crippen LogP) is -0.0581. The van der Waals surface area contributed by atoms with Gasteiger partial charge in [0.25, 0.3) is 0 Å². The van der Waals surface area contributed by atoms with Gasteiger partial charge in [-0.25, -0.2) is 0 Å². The maximum Gasteiger partial charge on any atom is 0.303 e. The van der Waals surface area contributed by atoms with Crippen LogP contribution in [0.3, 0.4) is 0 Å². The van der Waals surface area contributed by atoms with E-state index in [0.29, 0.717) is 12.8 Å². The lowest BCUT2D eigenvalue weighted by Gasteiger charge is -2.44. The summed E-state index contributed by atoms with van der Waals surface area (Å²) in [6, 6.07) is 0. The van der Waals surface area contributed by atoms with Gasteiger partial charge in [0.1, 0.15) is 6.10 Å². The molecule has 27 heavy (non-hydrogen) atoms. The van der Waals surface area contributed by atoms with Crippen LogP contribution in [-0.4, -0.2) is 80.7 Å². The number of aliphatic hydroxyl groups is 1. The smallest absolute Gasteiger partial charge is 0.303 e. The number of methoxy groups -OCH3 is 1. The maximum absolute atomic E-state index is 11.6. The molecule has 10 nitrogen and oxygen atoms in total. The van der Waals surface area contributed by atoms with Gasteiger partial charge in [-0.3, -0.25) is 14.4 Å². The summed E-state index contributed by atoms with van der Waals surface area (Å²) in [7, 11) is 1.43. The Bertz CT molecular complexity index is 494. The maximum atomic E-state index is 11.6. The van der Waals surface area contributed by atoms with Crippen molar-refractivity contribution < 1.29 is 47.9 Å². The van der Waals surface area contributed by atoms with Crippen molar-refractivity contribution in [2.75, 3.05) is 26.9 Å². The highest BCUT2D eigenvalue weighted by molar-refractivity contribution is 5.68. The number of carbonyl (C=O) groups excluding carboxylic acids is 3. The minimum atomic E-state index is -1.14. The van der Waals surface area contributed by atoms with Gasteiger partial charge in [-0.1, -0.05) is 0 Å². The first-order valence-corrected chi connectivity index (χ1v) is 8.68. The molecule has 1 aliphatic rings. The van der Waals surface area contributed by atoms with Crippen molar-refractivity contribution in [3.8, 4) is 0 Å². The summed E-state index contributed by atoms with van der Waals surface area (Å²) in [5.74, 6) is -1.91. The summed E-state index contributed by atoms with van der Waals surface area (Å²) in [5.41, 5.74) is 0. The lowest BCUT2D eigenvalue weighted by molar-refractivity contribution is -0.308. The molecule has 0 radical (unpaired) electrons. The highest BCUT2D eigenvalue weighted by Gasteiger charge is 2.52. The van der Waals surface area contributed by atoms with Crippen LogP contribution < -0.4 is 0 Å². The molecule has 1 aliphatic heterocycles. The van der Waals surface area contributed by atoms with E-state index in [2.05, 4.69) is 0 Å². The Morgan fingerprint density at radius 2 is 1.44 bits per heavy atom. The molecule has 1 saturated heterocycles. The average Bonchev–Trinajstić information content (AvgIpc) is 2.56. The van der Waals surface area contributed by atoms with Crippen molar-refractivity contribution in [3.63, 3.8) is 0 Å². The summed E-state index contributed by atoms with van der Waals surface area (Å²) >= 11 is 0. The van der Waals surface area contributed by atoms with Crippen LogP contribution in [0.15, 0.2) is 0 Å². The first-order chi connectivity index (χ1) is 12.8. The van der Waals surface area contributed by atoms with Crippen LogP contribution in [0.4, 0.5) is 0 Å². The SMILES string of the molecule is COCC1O[C@@H](OCCCCO)[C@@H](OC(C)=O)C(OC(C)=O)[C@H]1OC(C)=O. The molecular weight excluding hydrogens is 364 g/mol. The van der Waals surface area contributed by atoms with Gasteiger partial charge in [-0.2, -0.15) is 0 Å². The van der Waals surface area contributed by atoms with Crippen LogP contribution in [-0.2, 0) is 42.8 Å². The molecule has 2 unspecified atom stereocenters. The minimum Gasteiger partial charge on any atom is -0.456 e. The third-order valence-electron chi connectivity index (χ3n) is 3.66. The largest absolute Gasteiger partial charge is 0.456 e. The minimum absolute atomic E-state index is 0.0131. The fraction of sp³-hybridized carbons (Fsp3) is 0.824. The summed E-state index contributed by atoms with van der Waals surface area (Å²) in [6.07, 6.45) is -4.13. The zero-order valence-corrected chi connectivity index (χ0v) is 16.0. The van der Waals surface area contributed by atoms with Gasteiger partial charge in [0.05, 0.1) is 6.61 Å². The monoisotopic (exact) mass is 392 g/mol. The van der Waals surface area contributed by atoms with Crippen LogP contribution >= 0.6 is 0 Å². The predicted molar refractivity (Wildman–Crippen MR) is 89.5 cm³/mol. The Morgan fingerprint density at radius 3 is 1.96 bits per heavy atom. The second-order valence-corrected chi connectivity index (χ2v) is 6.02. The number of unbranched alkanes of at least 4 members (excludes halogenated alkanes) is 1. The number of aliphatic hydroxyl groups excluding tert-OH is 1. The van der Waals surface area contributed by atoms with E-state index in [4.69, 9.17) is 33.5 Å². The normalized spacial score (nSPS) is 27.7. The fourth-order valence-electron chi connectivity index (χ4n) is 2.70. The molecule has 0 amide bonds. The van der Waals surface area contributed by atoms with Gasteiger partial charge < -0.3 is 33.5 Å². The molecule has 0 aromatic rings. The van der Waals surface area contributed by atoms with Crippen molar-refractivity contribution in [1.29, 1.82) is 0 Å². The Kier molecular flexibility index (Phi) is 10.2. The number of carbonyl (C=O) groups is 3. The first-order valence-electron chi connectivity index (χ1n) is 8.68. The second-order valence-electron chi connectivity index (χ2n) is 6.02. The average molecular weight is 392 g/mol. The van der Waals surface area contributed by atoms with Crippen molar-refractivity contribution >= 4 is 17.9 Å². The van der Waals surface area contributed by atoms with Crippen molar-refractivity contribution in [2.45, 2.75) is 64.3 Å². The van der Waals surface area contributed by atoms with Crippen molar-refractivity contribution in [1.82, 2.24) is 0 Å². The quantitative estimate of drug-likeness (QED) is 0.307. The summed E-state index contributed by atoms with van der Waals surface area (Å²) in [4.78, 5) is 34.7. The molecule has 10 heteroatoms. The highest BCUT2D eigenvalue weighted by Crippen LogP contribution is 2.29. The lowest BCUT2D eigenvalue weighted by atomic mass is 9.98. The van der Waals surface area contributed by atoms with Crippen molar-refractivity contribution in [2.24, 2.45) is 0 Å². The Labute approximate surface area is 158 Å². The number of hydrogen-bond acceptors (Lipinski definition) is 10. The molecule has 156 valence electrons. The zero-order chi connectivity index (χ0) is 20.4. The molecule has 0 spiro atoms. The van der Waals surface area contributed by atoms with E-state index in [0.717, 1.165) is 0 Å². The van der Waals surface area contributed by atoms with E-state index < -0.39 is 48.6 Å². The first kappa shape index (κ1) is 23.3. The summed E-state index contributed by atoms with van der Waals surface area (Å²) < 4.78 is 32.4. The van der Waals surface area contributed by atoms with Crippen LogP contribution in [0.5, 0.6) is 0 Å². The Balaban J connectivity index is 3.11. The van der Waals surface area contributed by atoms with Crippen LogP contribution in [0.2, 0.25) is 0 Å². The van der Waals surface area contributed by atoms with Crippen LogP contribution in [0.25, 0.3) is 0 Å². The second kappa shape index (κ2) is 11.9. The molecule has 0 saturated carbocycles. The lowest BCUT2D eigenvalue weighted by Crippen LogP contribution is -2.62. The number of rotatable bonds is 10. The summed E-state index contributed by atoms with van der Waals surface area (Å²) in [6.45, 7) is 3.84. The van der Waals surface area contributed by atoms with E-state index in [-0.39, 0.29) is 19.8 Å². The molecule has 1 N–H and O–H groups in total. The zero-order valence-electron chi connectivity index (χ0n) is 16.0. The van der Waals surface area contributed by atoms with E-state index in [1.807, 2.05) is 0 Å². The molecule has 0 aromatic heterocycles. The third-order valence-corrected chi connectivity index (χ3v) is 3.66. The van der Waals surface area contributed by atoms with E-state index in [9.17, 15) is 14.4 Å². The van der Waals surface area contributed by atoms with Crippen molar-refractivity contribution in [3.05, 3.63) is 0 Å². The Hall–Kier alpha value is -1.75. The molecule has 5 atom stereocenters. The molecule has 0 aliphatic carbocycles. The van der Waals surface area contributed by atoms with E-state index >= 15 is 0 Å². The third kappa shape index (κ3) is 7.79. The number of esters is 3. The molecule has 1 rings (SSSR count). The standard InChI is InChI=1S/C17H28O10/c1-10(19)24-14-13(9-22-4)27-17(23-8-6-5-7-18)16(26-12(3)21)15(14)25-11(2)20/h13-18H,5-9H2,1-4H3/t13?,14-,15?,16-,17+/m0/s1. The number of hydrogen-bond donors (Lipinski definition) is 1. The van der Waals surface area contributed by atoms with Gasteiger partial charge in [0, 0.05) is 41.1 Å². The van der Waals surface area contributed by atoms with Gasteiger partial charge in [-0.05, 0) is 12.8 Å². The van der Waals surface area contributed by atoms with Gasteiger partial charge in [0.2, 0.25) is 0 Å². The molecule has 1 fully saturated rings.